The summed E-state index contributed by atoms with van der Waals surface area (Å²) in [6, 6.07) is 23.0. The third-order valence-electron chi connectivity index (χ3n) is 5.98. The predicted molar refractivity (Wildman–Crippen MR) is 143 cm³/mol. The molecule has 1 N–H and O–H groups in total. The molecule has 3 aromatic carbocycles. The number of benzene rings is 3. The number of ketones is 1. The van der Waals surface area contributed by atoms with Gasteiger partial charge in [0.1, 0.15) is 17.1 Å². The predicted octanol–water partition coefficient (Wildman–Crippen LogP) is 3.87. The van der Waals surface area contributed by atoms with E-state index in [0.29, 0.717) is 36.0 Å². The molecule has 2 saturated heterocycles. The maximum absolute atomic E-state index is 13.3. The molecule has 0 aromatic heterocycles. The van der Waals surface area contributed by atoms with E-state index >= 15 is 0 Å². The maximum Gasteiger partial charge on any atom is 0.270 e. The molecule has 2 fully saturated rings. The Balaban J connectivity index is 1.33. The summed E-state index contributed by atoms with van der Waals surface area (Å²) in [6.45, 7) is 2.87. The van der Waals surface area contributed by atoms with Gasteiger partial charge in [0.05, 0.1) is 18.9 Å². The van der Waals surface area contributed by atoms with Crippen LogP contribution in [0.2, 0.25) is 0 Å². The van der Waals surface area contributed by atoms with E-state index in [0.717, 1.165) is 24.9 Å². The molecule has 0 radical (unpaired) electrons. The van der Waals surface area contributed by atoms with Gasteiger partial charge in [0.15, 0.2) is 10.9 Å². The molecule has 0 atom stereocenters. The number of amides is 2. The number of rotatable bonds is 6. The summed E-state index contributed by atoms with van der Waals surface area (Å²) in [5.74, 6) is -0.599. The fourth-order valence-electron chi connectivity index (χ4n) is 4.05. The molecule has 2 aliphatic rings. The number of morpholine rings is 1. The second kappa shape index (κ2) is 10.7. The number of ether oxygens (including phenoxy) is 2. The normalized spacial score (nSPS) is 17.1. The van der Waals surface area contributed by atoms with Crippen LogP contribution in [-0.4, -0.2) is 49.0 Å². The topological polar surface area (TPSA) is 88.2 Å². The minimum atomic E-state index is -0.714. The quantitative estimate of drug-likeness (QED) is 0.232. The Morgan fingerprint density at radius 2 is 1.49 bits per heavy atom. The Hall–Kier alpha value is -4.34. The first-order chi connectivity index (χ1) is 18.0. The van der Waals surface area contributed by atoms with E-state index in [-0.39, 0.29) is 10.7 Å². The molecular weight excluding hydrogens is 490 g/mol. The van der Waals surface area contributed by atoms with E-state index in [9.17, 15) is 14.4 Å². The van der Waals surface area contributed by atoms with E-state index < -0.39 is 17.6 Å². The van der Waals surface area contributed by atoms with Gasteiger partial charge < -0.3 is 14.4 Å². The van der Waals surface area contributed by atoms with Crippen molar-refractivity contribution in [2.75, 3.05) is 36.1 Å². The Kier molecular flexibility index (Phi) is 7.07. The van der Waals surface area contributed by atoms with Crippen LogP contribution in [0.1, 0.15) is 10.4 Å². The molecule has 8 nitrogen and oxygen atoms in total. The molecule has 0 bridgehead atoms. The van der Waals surface area contributed by atoms with Crippen molar-refractivity contribution < 1.29 is 23.9 Å². The molecule has 0 saturated carbocycles. The largest absolute Gasteiger partial charge is 0.457 e. The van der Waals surface area contributed by atoms with Crippen molar-refractivity contribution in [3.05, 3.63) is 96.1 Å². The summed E-state index contributed by atoms with van der Waals surface area (Å²) in [5.41, 5.74) is 1.49. The van der Waals surface area contributed by atoms with Gasteiger partial charge in [0, 0.05) is 30.4 Å². The number of thiocarbonyl (C=S) groups is 1. The SMILES string of the molecule is O=C1NC(=S)N(c2ccc(Oc3ccccc3)cc2)C(=O)/C1=C/C(=O)c1ccc(N2CCOCC2)cc1. The van der Waals surface area contributed by atoms with Crippen molar-refractivity contribution in [3.8, 4) is 11.5 Å². The smallest absolute Gasteiger partial charge is 0.270 e. The first-order valence-corrected chi connectivity index (χ1v) is 12.1. The average molecular weight is 514 g/mol. The van der Waals surface area contributed by atoms with Crippen LogP contribution in [0.3, 0.4) is 0 Å². The van der Waals surface area contributed by atoms with Gasteiger partial charge in [-0.15, -0.1) is 0 Å². The summed E-state index contributed by atoms with van der Waals surface area (Å²) >= 11 is 5.25. The van der Waals surface area contributed by atoms with E-state index in [1.165, 1.54) is 4.90 Å². The summed E-state index contributed by atoms with van der Waals surface area (Å²) in [4.78, 5) is 42.1. The summed E-state index contributed by atoms with van der Waals surface area (Å²) in [7, 11) is 0. The number of allylic oxidation sites excluding steroid dienone is 1. The Bertz CT molecular complexity index is 1370. The van der Waals surface area contributed by atoms with Crippen molar-refractivity contribution in [2.24, 2.45) is 0 Å². The van der Waals surface area contributed by atoms with Gasteiger partial charge in [-0.2, -0.15) is 0 Å². The van der Waals surface area contributed by atoms with Crippen LogP contribution in [0.5, 0.6) is 11.5 Å². The van der Waals surface area contributed by atoms with Crippen LogP contribution >= 0.6 is 12.2 Å². The Morgan fingerprint density at radius 3 is 2.16 bits per heavy atom. The number of nitrogens with zero attached hydrogens (tertiary/aromatic N) is 2. The van der Waals surface area contributed by atoms with Gasteiger partial charge in [-0.25, -0.2) is 0 Å². The number of nitrogens with one attached hydrogen (secondary N) is 1. The minimum absolute atomic E-state index is 0.0637. The van der Waals surface area contributed by atoms with Crippen LogP contribution in [0.4, 0.5) is 11.4 Å². The third kappa shape index (κ3) is 5.42. The summed E-state index contributed by atoms with van der Waals surface area (Å²) < 4.78 is 11.2. The first kappa shape index (κ1) is 24.4. The molecule has 9 heteroatoms. The van der Waals surface area contributed by atoms with Gasteiger partial charge in [-0.05, 0) is 72.9 Å². The number of anilines is 2. The Morgan fingerprint density at radius 1 is 0.865 bits per heavy atom. The van der Waals surface area contributed by atoms with Crippen molar-refractivity contribution in [2.45, 2.75) is 0 Å². The molecule has 3 aromatic rings. The zero-order valence-corrected chi connectivity index (χ0v) is 20.6. The second-order valence-electron chi connectivity index (χ2n) is 8.38. The van der Waals surface area contributed by atoms with E-state index in [4.69, 9.17) is 21.7 Å². The molecule has 0 unspecified atom stereocenters. The first-order valence-electron chi connectivity index (χ1n) is 11.7. The lowest BCUT2D eigenvalue weighted by Crippen LogP contribution is -2.54. The molecular formula is C28H23N3O5S. The van der Waals surface area contributed by atoms with Crippen molar-refractivity contribution >= 4 is 46.3 Å². The zero-order valence-electron chi connectivity index (χ0n) is 19.8. The lowest BCUT2D eigenvalue weighted by molar-refractivity contribution is -0.122. The second-order valence-corrected chi connectivity index (χ2v) is 8.76. The highest BCUT2D eigenvalue weighted by Gasteiger charge is 2.35. The van der Waals surface area contributed by atoms with Crippen molar-refractivity contribution in [1.29, 1.82) is 0 Å². The number of hydrogen-bond donors (Lipinski definition) is 1. The van der Waals surface area contributed by atoms with Gasteiger partial charge in [0.25, 0.3) is 11.8 Å². The third-order valence-corrected chi connectivity index (χ3v) is 6.26. The van der Waals surface area contributed by atoms with Crippen LogP contribution < -0.4 is 19.9 Å². The van der Waals surface area contributed by atoms with Crippen LogP contribution in [0.25, 0.3) is 0 Å². The number of carbonyl (C=O) groups is 3. The molecule has 2 amide bonds. The van der Waals surface area contributed by atoms with Gasteiger partial charge >= 0.3 is 0 Å². The van der Waals surface area contributed by atoms with E-state index in [1.54, 1.807) is 36.4 Å². The number of para-hydroxylation sites is 1. The monoisotopic (exact) mass is 513 g/mol. The van der Waals surface area contributed by atoms with Crippen LogP contribution in [-0.2, 0) is 14.3 Å². The summed E-state index contributed by atoms with van der Waals surface area (Å²) in [6.07, 6.45) is 1.06. The maximum atomic E-state index is 13.3. The highest BCUT2D eigenvalue weighted by Crippen LogP contribution is 2.27. The van der Waals surface area contributed by atoms with Gasteiger partial charge in [0.2, 0.25) is 0 Å². The van der Waals surface area contributed by atoms with E-state index in [1.807, 2.05) is 42.5 Å². The Labute approximate surface area is 219 Å². The molecule has 0 spiro atoms. The molecule has 37 heavy (non-hydrogen) atoms. The highest BCUT2D eigenvalue weighted by atomic mass is 32.1. The standard InChI is InChI=1S/C28H23N3O5S/c32-25(19-6-8-20(9-7-19)30-14-16-35-17-15-30)18-24-26(33)29-28(37)31(27(24)34)21-10-12-23(13-11-21)36-22-4-2-1-3-5-22/h1-13,18H,14-17H2,(H,29,33,37)/b24-18+. The number of hydrogen-bond acceptors (Lipinski definition) is 7. The fraction of sp³-hybridized carbons (Fsp3) is 0.143. The summed E-state index contributed by atoms with van der Waals surface area (Å²) in [5, 5.41) is 2.44. The van der Waals surface area contributed by atoms with Crippen molar-refractivity contribution in [3.63, 3.8) is 0 Å². The lowest BCUT2D eigenvalue weighted by Gasteiger charge is -2.29. The van der Waals surface area contributed by atoms with Gasteiger partial charge in [-0.3, -0.25) is 24.6 Å². The molecule has 186 valence electrons. The minimum Gasteiger partial charge on any atom is -0.457 e. The van der Waals surface area contributed by atoms with Gasteiger partial charge in [-0.1, -0.05) is 18.2 Å². The highest BCUT2D eigenvalue weighted by molar-refractivity contribution is 7.80. The van der Waals surface area contributed by atoms with Crippen LogP contribution in [0.15, 0.2) is 90.5 Å². The average Bonchev–Trinajstić information content (AvgIpc) is 2.93. The van der Waals surface area contributed by atoms with Crippen molar-refractivity contribution in [1.82, 2.24) is 5.32 Å². The molecule has 2 heterocycles. The molecule has 0 aliphatic carbocycles. The fourth-order valence-corrected chi connectivity index (χ4v) is 4.33. The lowest BCUT2D eigenvalue weighted by atomic mass is 10.0. The zero-order chi connectivity index (χ0) is 25.8. The van der Waals surface area contributed by atoms with E-state index in [2.05, 4.69) is 10.2 Å². The molecule has 5 rings (SSSR count). The molecule has 2 aliphatic heterocycles. The van der Waals surface area contributed by atoms with Crippen LogP contribution in [0, 0.1) is 0 Å². The number of carbonyl (C=O) groups excluding carboxylic acids is 3.